The Morgan fingerprint density at radius 1 is 1.06 bits per heavy atom. The summed E-state index contributed by atoms with van der Waals surface area (Å²) in [5.41, 5.74) is 0.511. The molecule has 168 valence electrons. The van der Waals surface area contributed by atoms with Crippen molar-refractivity contribution in [2.45, 2.75) is 31.6 Å². The topological polar surface area (TPSA) is 135 Å². The minimum atomic E-state index is -3.83. The summed E-state index contributed by atoms with van der Waals surface area (Å²) < 4.78 is 34.2. The van der Waals surface area contributed by atoms with E-state index in [0.29, 0.717) is 35.7 Å². The highest BCUT2D eigenvalue weighted by molar-refractivity contribution is 7.89. The van der Waals surface area contributed by atoms with Crippen LogP contribution in [0.1, 0.15) is 24.0 Å². The Balaban J connectivity index is 1.69. The molecule has 0 spiro atoms. The molecule has 1 saturated heterocycles. The second-order valence-corrected chi connectivity index (χ2v) is 9.51. The lowest BCUT2D eigenvalue weighted by Gasteiger charge is -2.18. The molecule has 3 aromatic rings. The predicted molar refractivity (Wildman–Crippen MR) is 116 cm³/mol. The van der Waals surface area contributed by atoms with Crippen molar-refractivity contribution < 1.29 is 18.3 Å². The van der Waals surface area contributed by atoms with Crippen LogP contribution in [-0.4, -0.2) is 45.7 Å². The lowest BCUT2D eigenvalue weighted by atomic mass is 10.1. The van der Waals surface area contributed by atoms with Gasteiger partial charge in [0.1, 0.15) is 28.3 Å². The molecule has 4 rings (SSSR count). The molecule has 0 atom stereocenters. The molecule has 0 radical (unpaired) electrons. The number of nitrogens with zero attached hydrogens (tertiary/aromatic N) is 3. The molecule has 2 aromatic carbocycles. The molecule has 0 amide bonds. The molecule has 1 fully saturated rings. The number of aryl methyl sites for hydroxylation is 2. The number of sulfonamides is 1. The number of phenols is 1. The lowest BCUT2D eigenvalue weighted by Crippen LogP contribution is -2.30. The Hall–Kier alpha value is -3.44. The van der Waals surface area contributed by atoms with Crippen LogP contribution in [-0.2, 0) is 10.0 Å². The van der Waals surface area contributed by atoms with E-state index in [2.05, 4.69) is 10.1 Å². The quantitative estimate of drug-likeness (QED) is 0.595. The molecule has 2 N–H and O–H groups in total. The predicted octanol–water partition coefficient (Wildman–Crippen LogP) is 1.82. The Bertz CT molecular complexity index is 1380. The maximum absolute atomic E-state index is 12.9. The van der Waals surface area contributed by atoms with E-state index < -0.39 is 21.3 Å². The maximum atomic E-state index is 12.9. The third kappa shape index (κ3) is 4.04. The number of hydrogen-bond acceptors (Lipinski definition) is 7. The standard InChI is InChI=1S/C21H22N4O6S/c1-13-9-15(25-21(28)23-19(27)12-22-25)10-14(2)20(13)31-16-5-6-17(26)18(11-16)32(29,30)24-7-3-4-8-24/h5-6,9-12,26H,3-4,7-8H2,1-2H3,(H,23,27,28). The van der Waals surface area contributed by atoms with E-state index >= 15 is 0 Å². The first-order valence-corrected chi connectivity index (χ1v) is 11.4. The van der Waals surface area contributed by atoms with E-state index in [1.54, 1.807) is 26.0 Å². The molecular formula is C21H22N4O6S. The van der Waals surface area contributed by atoms with Gasteiger partial charge in [0.05, 0.1) is 5.69 Å². The van der Waals surface area contributed by atoms with Gasteiger partial charge in [-0.3, -0.25) is 9.78 Å². The van der Waals surface area contributed by atoms with Gasteiger partial charge in [0.15, 0.2) is 0 Å². The zero-order chi connectivity index (χ0) is 23.0. The van der Waals surface area contributed by atoms with Gasteiger partial charge in [0.25, 0.3) is 5.56 Å². The molecule has 0 saturated carbocycles. The summed E-state index contributed by atoms with van der Waals surface area (Å²) in [6.45, 7) is 4.38. The van der Waals surface area contributed by atoms with Gasteiger partial charge in [-0.2, -0.15) is 14.1 Å². The number of aromatic hydroxyl groups is 1. The van der Waals surface area contributed by atoms with E-state index in [1.165, 1.54) is 22.5 Å². The first-order chi connectivity index (χ1) is 15.2. The number of rotatable bonds is 5. The molecule has 11 heteroatoms. The number of phenolic OH excluding ortho intramolecular Hbond substituents is 1. The third-order valence-electron chi connectivity index (χ3n) is 5.24. The summed E-state index contributed by atoms with van der Waals surface area (Å²) in [6, 6.07) is 7.42. The van der Waals surface area contributed by atoms with Crippen LogP contribution >= 0.6 is 0 Å². The molecule has 1 aromatic heterocycles. The number of hydrogen-bond donors (Lipinski definition) is 2. The second kappa shape index (κ2) is 8.24. The van der Waals surface area contributed by atoms with Crippen LogP contribution in [0.15, 0.2) is 51.0 Å². The summed E-state index contributed by atoms with van der Waals surface area (Å²) in [5, 5.41) is 14.0. The molecule has 1 aliphatic heterocycles. The average molecular weight is 458 g/mol. The zero-order valence-corrected chi connectivity index (χ0v) is 18.3. The van der Waals surface area contributed by atoms with Gasteiger partial charge >= 0.3 is 5.69 Å². The minimum absolute atomic E-state index is 0.201. The van der Waals surface area contributed by atoms with Crippen LogP contribution in [0.3, 0.4) is 0 Å². The highest BCUT2D eigenvalue weighted by Gasteiger charge is 2.30. The average Bonchev–Trinajstić information content (AvgIpc) is 3.27. The third-order valence-corrected chi connectivity index (χ3v) is 7.16. The van der Waals surface area contributed by atoms with Crippen molar-refractivity contribution >= 4 is 10.0 Å². The van der Waals surface area contributed by atoms with Crippen LogP contribution in [0.2, 0.25) is 0 Å². The van der Waals surface area contributed by atoms with Crippen LogP contribution in [0.25, 0.3) is 5.69 Å². The Kier molecular flexibility index (Phi) is 5.61. The fraction of sp³-hybridized carbons (Fsp3) is 0.286. The van der Waals surface area contributed by atoms with Gasteiger partial charge < -0.3 is 9.84 Å². The fourth-order valence-electron chi connectivity index (χ4n) is 3.70. The SMILES string of the molecule is Cc1cc(-n2ncc(=O)[nH]c2=O)cc(C)c1Oc1ccc(O)c(S(=O)(=O)N2CCCC2)c1. The van der Waals surface area contributed by atoms with E-state index in [-0.39, 0.29) is 16.4 Å². The molecule has 10 nitrogen and oxygen atoms in total. The minimum Gasteiger partial charge on any atom is -0.507 e. The molecule has 32 heavy (non-hydrogen) atoms. The number of nitrogens with one attached hydrogen (secondary N) is 1. The number of benzene rings is 2. The van der Waals surface area contributed by atoms with E-state index in [4.69, 9.17) is 4.74 Å². The van der Waals surface area contributed by atoms with Gasteiger partial charge in [0.2, 0.25) is 10.0 Å². The van der Waals surface area contributed by atoms with Crippen LogP contribution in [0.4, 0.5) is 0 Å². The first-order valence-electron chi connectivity index (χ1n) is 9.98. The Labute approximate surface area is 183 Å². The second-order valence-electron chi connectivity index (χ2n) is 7.60. The smallest absolute Gasteiger partial charge is 0.349 e. The molecule has 2 heterocycles. The molecular weight excluding hydrogens is 436 g/mol. The summed E-state index contributed by atoms with van der Waals surface area (Å²) >= 11 is 0. The largest absolute Gasteiger partial charge is 0.507 e. The lowest BCUT2D eigenvalue weighted by molar-refractivity contribution is 0.435. The summed E-state index contributed by atoms with van der Waals surface area (Å²) in [7, 11) is -3.83. The molecule has 0 aliphatic carbocycles. The van der Waals surface area contributed by atoms with E-state index in [9.17, 15) is 23.1 Å². The van der Waals surface area contributed by atoms with Crippen molar-refractivity contribution in [2.75, 3.05) is 13.1 Å². The number of ether oxygens (including phenoxy) is 1. The highest BCUT2D eigenvalue weighted by Crippen LogP contribution is 2.35. The van der Waals surface area contributed by atoms with Gasteiger partial charge in [-0.15, -0.1) is 0 Å². The highest BCUT2D eigenvalue weighted by atomic mass is 32.2. The Morgan fingerprint density at radius 3 is 2.34 bits per heavy atom. The Morgan fingerprint density at radius 2 is 1.72 bits per heavy atom. The molecule has 1 aliphatic rings. The van der Waals surface area contributed by atoms with Crippen molar-refractivity contribution in [3.05, 3.63) is 68.5 Å². The monoisotopic (exact) mass is 458 g/mol. The molecule has 0 bridgehead atoms. The summed E-state index contributed by atoms with van der Waals surface area (Å²) in [6.07, 6.45) is 2.58. The van der Waals surface area contributed by atoms with Crippen molar-refractivity contribution in [3.8, 4) is 22.9 Å². The summed E-state index contributed by atoms with van der Waals surface area (Å²) in [5.74, 6) is 0.386. The molecule has 0 unspecified atom stereocenters. The van der Waals surface area contributed by atoms with Gasteiger partial charge in [-0.05, 0) is 62.1 Å². The van der Waals surface area contributed by atoms with Crippen LogP contribution in [0.5, 0.6) is 17.2 Å². The van der Waals surface area contributed by atoms with Crippen LogP contribution < -0.4 is 16.0 Å². The van der Waals surface area contributed by atoms with Gasteiger partial charge in [-0.1, -0.05) is 0 Å². The fourth-order valence-corrected chi connectivity index (χ4v) is 5.31. The van der Waals surface area contributed by atoms with Crippen molar-refractivity contribution in [1.82, 2.24) is 19.1 Å². The first kappa shape index (κ1) is 21.8. The van der Waals surface area contributed by atoms with Crippen molar-refractivity contribution in [1.29, 1.82) is 0 Å². The maximum Gasteiger partial charge on any atom is 0.349 e. The summed E-state index contributed by atoms with van der Waals surface area (Å²) in [4.78, 5) is 25.2. The normalized spacial score (nSPS) is 14.6. The van der Waals surface area contributed by atoms with Gasteiger partial charge in [-0.25, -0.2) is 13.2 Å². The van der Waals surface area contributed by atoms with E-state index in [1.807, 2.05) is 0 Å². The number of aromatic nitrogens is 3. The van der Waals surface area contributed by atoms with Crippen molar-refractivity contribution in [3.63, 3.8) is 0 Å². The zero-order valence-electron chi connectivity index (χ0n) is 17.5. The number of H-pyrrole nitrogens is 1. The van der Waals surface area contributed by atoms with Crippen LogP contribution in [0, 0.1) is 13.8 Å². The van der Waals surface area contributed by atoms with E-state index in [0.717, 1.165) is 23.7 Å². The van der Waals surface area contributed by atoms with Gasteiger partial charge in [0, 0.05) is 19.2 Å². The van der Waals surface area contributed by atoms with Crippen molar-refractivity contribution in [2.24, 2.45) is 0 Å². The number of aromatic amines is 1.